The second kappa shape index (κ2) is 4.73. The summed E-state index contributed by atoms with van der Waals surface area (Å²) >= 11 is 0. The smallest absolute Gasteiger partial charge is 0.0761 e. The van der Waals surface area contributed by atoms with Gasteiger partial charge in [0.1, 0.15) is 0 Å². The van der Waals surface area contributed by atoms with Crippen LogP contribution >= 0.6 is 0 Å². The summed E-state index contributed by atoms with van der Waals surface area (Å²) < 4.78 is 0. The molecule has 0 fully saturated rings. The van der Waals surface area contributed by atoms with E-state index in [1.807, 2.05) is 27.7 Å². The van der Waals surface area contributed by atoms with E-state index >= 15 is 0 Å². The maximum absolute atomic E-state index is 4.88. The van der Waals surface area contributed by atoms with Crippen molar-refractivity contribution >= 4 is 0 Å². The van der Waals surface area contributed by atoms with Crippen molar-refractivity contribution in [3.8, 4) is 0 Å². The van der Waals surface area contributed by atoms with Crippen molar-refractivity contribution in [3.05, 3.63) is 0 Å². The summed E-state index contributed by atoms with van der Waals surface area (Å²) in [6.07, 6.45) is 0.312. The van der Waals surface area contributed by atoms with Crippen molar-refractivity contribution in [1.82, 2.24) is 5.64 Å². The lowest BCUT2D eigenvalue weighted by molar-refractivity contribution is -0.208. The lowest BCUT2D eigenvalue weighted by Gasteiger charge is -2.10. The van der Waals surface area contributed by atoms with E-state index in [4.69, 9.17) is 9.68 Å². The largest absolute Gasteiger partial charge is 0.274 e. The normalized spacial score (nSPS) is 11.3. The van der Waals surface area contributed by atoms with Crippen molar-refractivity contribution in [2.45, 2.75) is 39.9 Å². The quantitative estimate of drug-likeness (QED) is 0.585. The van der Waals surface area contributed by atoms with Gasteiger partial charge in [0.25, 0.3) is 0 Å². The fourth-order valence-electron chi connectivity index (χ4n) is 0.220. The first kappa shape index (κ1) is 8.88. The van der Waals surface area contributed by atoms with Gasteiger partial charge in [0.15, 0.2) is 0 Å². The molecule has 0 aromatic rings. The van der Waals surface area contributed by atoms with Crippen LogP contribution in [0.15, 0.2) is 0 Å². The van der Waals surface area contributed by atoms with Gasteiger partial charge >= 0.3 is 0 Å². The van der Waals surface area contributed by atoms with Gasteiger partial charge in [-0.05, 0) is 27.7 Å². The summed E-state index contributed by atoms with van der Waals surface area (Å²) in [7, 11) is 0. The number of hydrogen-bond donors (Lipinski definition) is 1. The lowest BCUT2D eigenvalue weighted by Crippen LogP contribution is -2.23. The Morgan fingerprint density at radius 1 is 0.889 bits per heavy atom. The van der Waals surface area contributed by atoms with Gasteiger partial charge in [0.05, 0.1) is 12.2 Å². The van der Waals surface area contributed by atoms with Crippen molar-refractivity contribution in [2.24, 2.45) is 0 Å². The van der Waals surface area contributed by atoms with Crippen LogP contribution in [0, 0.1) is 0 Å². The minimum absolute atomic E-state index is 0.156. The van der Waals surface area contributed by atoms with Crippen LogP contribution in [-0.4, -0.2) is 12.2 Å². The first-order valence-corrected chi connectivity index (χ1v) is 3.19. The molecule has 0 rings (SSSR count). The maximum atomic E-state index is 4.88. The summed E-state index contributed by atoms with van der Waals surface area (Å²) in [5, 5.41) is 0. The SMILES string of the molecule is CC(C)ONOC(C)C. The van der Waals surface area contributed by atoms with Gasteiger partial charge < -0.3 is 0 Å². The van der Waals surface area contributed by atoms with Crippen LogP contribution in [0.2, 0.25) is 0 Å². The average Bonchev–Trinajstić information content (AvgIpc) is 1.63. The monoisotopic (exact) mass is 133 g/mol. The zero-order valence-electron chi connectivity index (χ0n) is 6.47. The van der Waals surface area contributed by atoms with Crippen LogP contribution in [0.3, 0.4) is 0 Å². The molecule has 0 aromatic carbocycles. The Bertz CT molecular complexity index is 56.1. The highest BCUT2D eigenvalue weighted by atomic mass is 16.9. The van der Waals surface area contributed by atoms with E-state index in [-0.39, 0.29) is 12.2 Å². The van der Waals surface area contributed by atoms with Crippen LogP contribution in [0.25, 0.3) is 0 Å². The Labute approximate surface area is 56.2 Å². The molecule has 0 spiro atoms. The molecule has 0 radical (unpaired) electrons. The molecule has 0 aliphatic heterocycles. The third kappa shape index (κ3) is 7.88. The molecule has 56 valence electrons. The van der Waals surface area contributed by atoms with Crippen LogP contribution in [-0.2, 0) is 9.68 Å². The molecule has 0 amide bonds. The van der Waals surface area contributed by atoms with E-state index in [2.05, 4.69) is 5.64 Å². The van der Waals surface area contributed by atoms with E-state index in [1.54, 1.807) is 0 Å². The summed E-state index contributed by atoms with van der Waals surface area (Å²) in [6.45, 7) is 7.71. The number of rotatable bonds is 4. The molecule has 0 heterocycles. The Balaban J connectivity index is 2.91. The van der Waals surface area contributed by atoms with Crippen LogP contribution in [0.5, 0.6) is 0 Å². The average molecular weight is 133 g/mol. The van der Waals surface area contributed by atoms with Crippen molar-refractivity contribution < 1.29 is 9.68 Å². The molecule has 1 N–H and O–H groups in total. The van der Waals surface area contributed by atoms with Crippen LogP contribution < -0.4 is 5.64 Å². The Kier molecular flexibility index (Phi) is 4.67. The van der Waals surface area contributed by atoms with Gasteiger partial charge in [-0.25, -0.2) is 0 Å². The van der Waals surface area contributed by atoms with Crippen molar-refractivity contribution in [1.29, 1.82) is 0 Å². The van der Waals surface area contributed by atoms with E-state index in [0.29, 0.717) is 0 Å². The molecule has 3 heteroatoms. The molecule has 0 saturated heterocycles. The van der Waals surface area contributed by atoms with Crippen LogP contribution in [0.4, 0.5) is 0 Å². The molecule has 0 aromatic heterocycles. The van der Waals surface area contributed by atoms with Gasteiger partial charge in [0.2, 0.25) is 0 Å². The molecular formula is C6H15NO2. The fraction of sp³-hybridized carbons (Fsp3) is 1.00. The summed E-state index contributed by atoms with van der Waals surface area (Å²) in [5.74, 6) is 0. The minimum Gasteiger partial charge on any atom is -0.274 e. The topological polar surface area (TPSA) is 30.5 Å². The van der Waals surface area contributed by atoms with Crippen LogP contribution in [0.1, 0.15) is 27.7 Å². The highest BCUT2D eigenvalue weighted by Crippen LogP contribution is 1.85. The van der Waals surface area contributed by atoms with Gasteiger partial charge in [-0.15, -0.1) is 0 Å². The van der Waals surface area contributed by atoms with E-state index in [1.165, 1.54) is 0 Å². The Hall–Kier alpha value is -0.120. The van der Waals surface area contributed by atoms with Gasteiger partial charge in [-0.2, -0.15) is 0 Å². The third-order valence-electron chi connectivity index (χ3n) is 0.568. The molecule has 0 aliphatic carbocycles. The van der Waals surface area contributed by atoms with Gasteiger partial charge in [-0.3, -0.25) is 9.68 Å². The molecule has 0 bridgehead atoms. The highest BCUT2D eigenvalue weighted by molar-refractivity contribution is 4.30. The van der Waals surface area contributed by atoms with E-state index in [9.17, 15) is 0 Å². The predicted molar refractivity (Wildman–Crippen MR) is 35.6 cm³/mol. The second-order valence-corrected chi connectivity index (χ2v) is 2.42. The fourth-order valence-corrected chi connectivity index (χ4v) is 0.220. The standard InChI is InChI=1S/C6H15NO2/c1-5(2)8-7-9-6(3)4/h5-7H,1-4H3. The molecule has 0 saturated carbocycles. The van der Waals surface area contributed by atoms with Gasteiger partial charge in [-0.1, -0.05) is 5.64 Å². The summed E-state index contributed by atoms with van der Waals surface area (Å²) in [6, 6.07) is 0. The van der Waals surface area contributed by atoms with E-state index < -0.39 is 0 Å². The third-order valence-corrected chi connectivity index (χ3v) is 0.568. The molecule has 0 aliphatic rings. The molecule has 3 nitrogen and oxygen atoms in total. The minimum atomic E-state index is 0.156. The number of hydrogen-bond acceptors (Lipinski definition) is 3. The summed E-state index contributed by atoms with van der Waals surface area (Å²) in [4.78, 5) is 9.76. The lowest BCUT2D eigenvalue weighted by atomic mass is 10.5. The summed E-state index contributed by atoms with van der Waals surface area (Å²) in [5.41, 5.74) is 2.38. The molecule has 0 atom stereocenters. The molecule has 0 unspecified atom stereocenters. The maximum Gasteiger partial charge on any atom is 0.0761 e. The van der Waals surface area contributed by atoms with Crippen molar-refractivity contribution in [2.75, 3.05) is 0 Å². The second-order valence-electron chi connectivity index (χ2n) is 2.42. The number of nitrogens with one attached hydrogen (secondary N) is 1. The first-order chi connectivity index (χ1) is 4.13. The Morgan fingerprint density at radius 2 is 1.22 bits per heavy atom. The highest BCUT2D eigenvalue weighted by Gasteiger charge is 1.93. The zero-order chi connectivity index (χ0) is 7.28. The van der Waals surface area contributed by atoms with Gasteiger partial charge in [0, 0.05) is 0 Å². The zero-order valence-corrected chi connectivity index (χ0v) is 6.47. The Morgan fingerprint density at radius 3 is 1.44 bits per heavy atom. The van der Waals surface area contributed by atoms with Crippen molar-refractivity contribution in [3.63, 3.8) is 0 Å². The first-order valence-electron chi connectivity index (χ1n) is 3.19. The molecular weight excluding hydrogens is 118 g/mol. The van der Waals surface area contributed by atoms with E-state index in [0.717, 1.165) is 0 Å². The molecule has 9 heavy (non-hydrogen) atoms. The predicted octanol–water partition coefficient (Wildman–Crippen LogP) is 1.26.